The highest BCUT2D eigenvalue weighted by Crippen LogP contribution is 2.24. The highest BCUT2D eigenvalue weighted by Gasteiger charge is 2.15. The molecule has 4 aromatic rings. The molecule has 0 bridgehead atoms. The van der Waals surface area contributed by atoms with Crippen LogP contribution in [-0.2, 0) is 13.1 Å². The summed E-state index contributed by atoms with van der Waals surface area (Å²) >= 11 is 0. The van der Waals surface area contributed by atoms with E-state index in [2.05, 4.69) is 21.5 Å². The van der Waals surface area contributed by atoms with E-state index in [1.807, 2.05) is 24.3 Å². The molecule has 0 atom stereocenters. The van der Waals surface area contributed by atoms with E-state index in [0.717, 1.165) is 41.6 Å². The summed E-state index contributed by atoms with van der Waals surface area (Å²) in [7, 11) is 0. The van der Waals surface area contributed by atoms with Crippen molar-refractivity contribution in [2.24, 2.45) is 0 Å². The van der Waals surface area contributed by atoms with Gasteiger partial charge in [0.2, 0.25) is 0 Å². The molecule has 0 radical (unpaired) electrons. The number of hydrogen-bond donors (Lipinski definition) is 0. The highest BCUT2D eigenvalue weighted by molar-refractivity contribution is 5.75. The minimum Gasteiger partial charge on any atom is -0.327 e. The number of para-hydroxylation sites is 2. The van der Waals surface area contributed by atoms with Crippen LogP contribution in [0.15, 0.2) is 54.9 Å². The highest BCUT2D eigenvalue weighted by atomic mass is 19.1. The Morgan fingerprint density at radius 2 is 1.92 bits per heavy atom. The molecule has 0 aliphatic heterocycles. The molecule has 126 valence electrons. The lowest BCUT2D eigenvalue weighted by atomic mass is 10.2. The first-order valence-corrected chi connectivity index (χ1v) is 8.08. The number of halogens is 2. The standard InChI is InChI=1S/C19H16F2N4/c1-2-25-17-6-4-3-5-16(17)23-18(25)12-24-10-9-22-19(24)14-11-13(20)7-8-15(14)21/h3-11H,2,12H2,1H3. The van der Waals surface area contributed by atoms with Crippen molar-refractivity contribution < 1.29 is 8.78 Å². The van der Waals surface area contributed by atoms with Gasteiger partial charge in [0.05, 0.1) is 23.1 Å². The van der Waals surface area contributed by atoms with Crippen LogP contribution in [0.5, 0.6) is 0 Å². The molecule has 2 heterocycles. The van der Waals surface area contributed by atoms with Crippen molar-refractivity contribution in [2.45, 2.75) is 20.0 Å². The van der Waals surface area contributed by atoms with E-state index < -0.39 is 11.6 Å². The number of fused-ring (bicyclic) bond motifs is 1. The Balaban J connectivity index is 1.79. The van der Waals surface area contributed by atoms with Gasteiger partial charge in [0.15, 0.2) is 0 Å². The Hall–Kier alpha value is -3.02. The van der Waals surface area contributed by atoms with Crippen molar-refractivity contribution in [1.29, 1.82) is 0 Å². The van der Waals surface area contributed by atoms with E-state index in [-0.39, 0.29) is 5.56 Å². The fourth-order valence-electron chi connectivity index (χ4n) is 3.10. The van der Waals surface area contributed by atoms with Gasteiger partial charge < -0.3 is 9.13 Å². The van der Waals surface area contributed by atoms with Crippen LogP contribution in [0.4, 0.5) is 8.78 Å². The normalized spacial score (nSPS) is 11.3. The Morgan fingerprint density at radius 3 is 2.76 bits per heavy atom. The number of aromatic nitrogens is 4. The molecule has 4 rings (SSSR count). The Labute approximate surface area is 143 Å². The third kappa shape index (κ3) is 2.69. The number of nitrogens with zero attached hydrogens (tertiary/aromatic N) is 4. The first kappa shape index (κ1) is 15.5. The van der Waals surface area contributed by atoms with Crippen molar-refractivity contribution >= 4 is 11.0 Å². The van der Waals surface area contributed by atoms with Crippen LogP contribution in [0.3, 0.4) is 0 Å². The first-order valence-electron chi connectivity index (χ1n) is 8.08. The molecule has 2 aromatic carbocycles. The Morgan fingerprint density at radius 1 is 1.08 bits per heavy atom. The molecule has 0 N–H and O–H groups in total. The van der Waals surface area contributed by atoms with Crippen molar-refractivity contribution in [2.75, 3.05) is 0 Å². The summed E-state index contributed by atoms with van der Waals surface area (Å²) in [5.41, 5.74) is 2.11. The fourth-order valence-corrected chi connectivity index (χ4v) is 3.10. The topological polar surface area (TPSA) is 35.6 Å². The molecule has 4 nitrogen and oxygen atoms in total. The zero-order valence-electron chi connectivity index (χ0n) is 13.7. The number of hydrogen-bond acceptors (Lipinski definition) is 2. The lowest BCUT2D eigenvalue weighted by molar-refractivity contribution is 0.599. The smallest absolute Gasteiger partial charge is 0.143 e. The second-order valence-corrected chi connectivity index (χ2v) is 5.76. The van der Waals surface area contributed by atoms with Crippen molar-refractivity contribution in [3.8, 4) is 11.4 Å². The Bertz CT molecular complexity index is 1050. The summed E-state index contributed by atoms with van der Waals surface area (Å²) in [5.74, 6) is 0.232. The van der Waals surface area contributed by atoms with Gasteiger partial charge in [0, 0.05) is 18.9 Å². The zero-order valence-corrected chi connectivity index (χ0v) is 13.7. The van der Waals surface area contributed by atoms with Crippen molar-refractivity contribution in [3.05, 3.63) is 72.3 Å². The molecule has 0 saturated carbocycles. The SMILES string of the molecule is CCn1c(Cn2ccnc2-c2cc(F)ccc2F)nc2ccccc21. The fraction of sp³-hybridized carbons (Fsp3) is 0.158. The zero-order chi connectivity index (χ0) is 17.4. The minimum absolute atomic E-state index is 0.143. The molecule has 0 fully saturated rings. The van der Waals surface area contributed by atoms with E-state index in [0.29, 0.717) is 12.4 Å². The predicted octanol–water partition coefficient (Wildman–Crippen LogP) is 4.25. The molecule has 0 unspecified atom stereocenters. The van der Waals surface area contributed by atoms with Crippen LogP contribution in [-0.4, -0.2) is 19.1 Å². The van der Waals surface area contributed by atoms with E-state index in [1.54, 1.807) is 17.0 Å². The molecule has 0 amide bonds. The molecule has 6 heteroatoms. The predicted molar refractivity (Wildman–Crippen MR) is 92.1 cm³/mol. The van der Waals surface area contributed by atoms with Gasteiger partial charge in [-0.25, -0.2) is 18.7 Å². The molecule has 0 aliphatic rings. The summed E-state index contributed by atoms with van der Waals surface area (Å²) in [6.45, 7) is 3.25. The van der Waals surface area contributed by atoms with Gasteiger partial charge in [-0.2, -0.15) is 0 Å². The number of imidazole rings is 2. The average Bonchev–Trinajstić information content (AvgIpc) is 3.21. The van der Waals surface area contributed by atoms with Crippen LogP contribution in [0.2, 0.25) is 0 Å². The molecule has 2 aromatic heterocycles. The minimum atomic E-state index is -0.502. The summed E-state index contributed by atoms with van der Waals surface area (Å²) < 4.78 is 31.6. The van der Waals surface area contributed by atoms with Gasteiger partial charge in [-0.15, -0.1) is 0 Å². The summed E-state index contributed by atoms with van der Waals surface area (Å²) in [6, 6.07) is 11.3. The van der Waals surface area contributed by atoms with E-state index >= 15 is 0 Å². The quantitative estimate of drug-likeness (QED) is 0.558. The lowest BCUT2D eigenvalue weighted by Gasteiger charge is -2.10. The third-order valence-electron chi connectivity index (χ3n) is 4.25. The van der Waals surface area contributed by atoms with Gasteiger partial charge in [0.25, 0.3) is 0 Å². The molecule has 0 saturated heterocycles. The maximum absolute atomic E-state index is 14.1. The average molecular weight is 338 g/mol. The van der Waals surface area contributed by atoms with Crippen molar-refractivity contribution in [3.63, 3.8) is 0 Å². The lowest BCUT2D eigenvalue weighted by Crippen LogP contribution is -2.09. The molecule has 25 heavy (non-hydrogen) atoms. The third-order valence-corrected chi connectivity index (χ3v) is 4.25. The molecule has 0 aliphatic carbocycles. The maximum atomic E-state index is 14.1. The van der Waals surface area contributed by atoms with Crippen LogP contribution < -0.4 is 0 Å². The summed E-state index contributed by atoms with van der Waals surface area (Å²) in [6.07, 6.45) is 3.33. The molecular weight excluding hydrogens is 322 g/mol. The van der Waals surface area contributed by atoms with Crippen molar-refractivity contribution in [1.82, 2.24) is 19.1 Å². The summed E-state index contributed by atoms with van der Waals surface area (Å²) in [4.78, 5) is 8.89. The van der Waals surface area contributed by atoms with Gasteiger partial charge >= 0.3 is 0 Å². The summed E-state index contributed by atoms with van der Waals surface area (Å²) in [5, 5.41) is 0. The van der Waals surface area contributed by atoms with E-state index in [1.165, 1.54) is 0 Å². The van der Waals surface area contributed by atoms with E-state index in [4.69, 9.17) is 0 Å². The number of aryl methyl sites for hydroxylation is 1. The van der Waals surface area contributed by atoms with Crippen LogP contribution in [0.25, 0.3) is 22.4 Å². The largest absolute Gasteiger partial charge is 0.327 e. The van der Waals surface area contributed by atoms with Gasteiger partial charge in [0.1, 0.15) is 23.3 Å². The van der Waals surface area contributed by atoms with Gasteiger partial charge in [-0.05, 0) is 37.3 Å². The second-order valence-electron chi connectivity index (χ2n) is 5.76. The maximum Gasteiger partial charge on any atom is 0.143 e. The number of benzene rings is 2. The molecular formula is C19H16F2N4. The number of rotatable bonds is 4. The van der Waals surface area contributed by atoms with Crippen LogP contribution in [0.1, 0.15) is 12.7 Å². The Kier molecular flexibility index (Phi) is 3.80. The van der Waals surface area contributed by atoms with E-state index in [9.17, 15) is 8.78 Å². The van der Waals surface area contributed by atoms with Gasteiger partial charge in [-0.3, -0.25) is 0 Å². The first-order chi connectivity index (χ1) is 12.2. The molecule has 0 spiro atoms. The van der Waals surface area contributed by atoms with Gasteiger partial charge in [-0.1, -0.05) is 12.1 Å². The van der Waals surface area contributed by atoms with Crippen LogP contribution >= 0.6 is 0 Å². The van der Waals surface area contributed by atoms with Crippen LogP contribution in [0, 0.1) is 11.6 Å². The monoisotopic (exact) mass is 338 g/mol. The second kappa shape index (κ2) is 6.12.